The van der Waals surface area contributed by atoms with Crippen molar-refractivity contribution in [3.8, 4) is 0 Å². The SMILES string of the molecule is CCc1nn(C)cc1Nc1cc(NN)ncn1. The number of anilines is 3. The molecule has 2 heterocycles. The van der Waals surface area contributed by atoms with Crippen LogP contribution in [0.4, 0.5) is 17.3 Å². The van der Waals surface area contributed by atoms with Gasteiger partial charge in [-0.1, -0.05) is 6.92 Å². The summed E-state index contributed by atoms with van der Waals surface area (Å²) in [5.41, 5.74) is 4.41. The van der Waals surface area contributed by atoms with Gasteiger partial charge in [0.25, 0.3) is 0 Å². The van der Waals surface area contributed by atoms with Crippen molar-refractivity contribution < 1.29 is 0 Å². The van der Waals surface area contributed by atoms with Crippen LogP contribution in [0.1, 0.15) is 12.6 Å². The summed E-state index contributed by atoms with van der Waals surface area (Å²) in [4.78, 5) is 8.05. The van der Waals surface area contributed by atoms with Gasteiger partial charge in [0.1, 0.15) is 18.0 Å². The third-order valence-corrected chi connectivity index (χ3v) is 2.32. The Kier molecular flexibility index (Phi) is 3.20. The number of rotatable bonds is 4. The highest BCUT2D eigenvalue weighted by atomic mass is 15.3. The molecule has 0 saturated carbocycles. The number of nitrogens with zero attached hydrogens (tertiary/aromatic N) is 4. The van der Waals surface area contributed by atoms with Crippen molar-refractivity contribution >= 4 is 17.3 Å². The van der Waals surface area contributed by atoms with Crippen molar-refractivity contribution in [1.29, 1.82) is 0 Å². The van der Waals surface area contributed by atoms with Crippen molar-refractivity contribution in [1.82, 2.24) is 19.7 Å². The Labute approximate surface area is 99.0 Å². The molecule has 0 bridgehead atoms. The summed E-state index contributed by atoms with van der Waals surface area (Å²) in [7, 11) is 1.89. The first-order chi connectivity index (χ1) is 8.22. The molecule has 2 aromatic heterocycles. The topological polar surface area (TPSA) is 93.7 Å². The van der Waals surface area contributed by atoms with Crippen molar-refractivity contribution in [3.05, 3.63) is 24.3 Å². The van der Waals surface area contributed by atoms with Gasteiger partial charge in [0.05, 0.1) is 11.4 Å². The molecular weight excluding hydrogens is 218 g/mol. The minimum absolute atomic E-state index is 0.560. The molecule has 7 nitrogen and oxygen atoms in total. The number of aromatic nitrogens is 4. The van der Waals surface area contributed by atoms with Crippen LogP contribution < -0.4 is 16.6 Å². The molecule has 2 aromatic rings. The molecule has 0 aliphatic rings. The minimum atomic E-state index is 0.560. The number of nitrogens with two attached hydrogens (primary N) is 1. The van der Waals surface area contributed by atoms with E-state index in [2.05, 4.69) is 32.7 Å². The van der Waals surface area contributed by atoms with Crippen LogP contribution in [0.25, 0.3) is 0 Å². The number of nitrogen functional groups attached to an aromatic ring is 1. The van der Waals surface area contributed by atoms with E-state index < -0.39 is 0 Å². The fourth-order valence-electron chi connectivity index (χ4n) is 1.54. The first-order valence-electron chi connectivity index (χ1n) is 5.31. The van der Waals surface area contributed by atoms with E-state index in [0.29, 0.717) is 11.6 Å². The Morgan fingerprint density at radius 2 is 2.12 bits per heavy atom. The summed E-state index contributed by atoms with van der Waals surface area (Å²) >= 11 is 0. The van der Waals surface area contributed by atoms with Gasteiger partial charge in [-0.05, 0) is 6.42 Å². The number of aryl methyl sites for hydroxylation is 2. The predicted octanol–water partition coefficient (Wildman–Crippen LogP) is 0.802. The van der Waals surface area contributed by atoms with Gasteiger partial charge in [-0.25, -0.2) is 15.8 Å². The van der Waals surface area contributed by atoms with Crippen molar-refractivity contribution in [2.75, 3.05) is 10.7 Å². The molecule has 90 valence electrons. The van der Waals surface area contributed by atoms with Crippen LogP contribution in [0.5, 0.6) is 0 Å². The summed E-state index contributed by atoms with van der Waals surface area (Å²) in [6.45, 7) is 2.06. The quantitative estimate of drug-likeness (QED) is 0.534. The molecule has 2 rings (SSSR count). The zero-order chi connectivity index (χ0) is 12.3. The highest BCUT2D eigenvalue weighted by molar-refractivity contribution is 5.60. The maximum absolute atomic E-state index is 5.29. The van der Waals surface area contributed by atoms with E-state index in [1.54, 1.807) is 10.7 Å². The molecule has 0 atom stereocenters. The first-order valence-corrected chi connectivity index (χ1v) is 5.31. The summed E-state index contributed by atoms with van der Waals surface area (Å²) in [6.07, 6.45) is 4.21. The van der Waals surface area contributed by atoms with E-state index in [4.69, 9.17) is 5.84 Å². The highest BCUT2D eigenvalue weighted by Crippen LogP contribution is 2.19. The lowest BCUT2D eigenvalue weighted by atomic mass is 10.3. The van der Waals surface area contributed by atoms with Gasteiger partial charge in [-0.2, -0.15) is 5.10 Å². The van der Waals surface area contributed by atoms with Crippen molar-refractivity contribution in [2.45, 2.75) is 13.3 Å². The predicted molar refractivity (Wildman–Crippen MR) is 65.7 cm³/mol. The summed E-state index contributed by atoms with van der Waals surface area (Å²) in [6, 6.07) is 1.73. The van der Waals surface area contributed by atoms with Crippen LogP contribution in [-0.2, 0) is 13.5 Å². The molecule has 0 aliphatic heterocycles. The third kappa shape index (κ3) is 2.51. The van der Waals surface area contributed by atoms with Crippen molar-refractivity contribution in [3.63, 3.8) is 0 Å². The largest absolute Gasteiger partial charge is 0.337 e. The highest BCUT2D eigenvalue weighted by Gasteiger charge is 2.06. The third-order valence-electron chi connectivity index (χ3n) is 2.32. The lowest BCUT2D eigenvalue weighted by Crippen LogP contribution is -2.09. The van der Waals surface area contributed by atoms with Gasteiger partial charge in [0.2, 0.25) is 0 Å². The van der Waals surface area contributed by atoms with Crippen LogP contribution in [0.2, 0.25) is 0 Å². The molecular formula is C10H15N7. The van der Waals surface area contributed by atoms with E-state index >= 15 is 0 Å². The Bertz CT molecular complexity index is 505. The number of hydrazine groups is 1. The Morgan fingerprint density at radius 3 is 2.82 bits per heavy atom. The summed E-state index contributed by atoms with van der Waals surface area (Å²) < 4.78 is 1.77. The van der Waals surface area contributed by atoms with E-state index in [9.17, 15) is 0 Å². The van der Waals surface area contributed by atoms with Gasteiger partial charge in [-0.15, -0.1) is 0 Å². The van der Waals surface area contributed by atoms with Gasteiger partial charge >= 0.3 is 0 Å². The minimum Gasteiger partial charge on any atom is -0.337 e. The molecule has 0 aliphatic carbocycles. The standard InChI is InChI=1S/C10H15N7/c1-3-7-8(5-17(2)16-7)14-9-4-10(15-11)13-6-12-9/h4-6H,3,11H2,1-2H3,(H2,12,13,14,15). The molecule has 7 heteroatoms. The smallest absolute Gasteiger partial charge is 0.145 e. The molecule has 4 N–H and O–H groups in total. The Hall–Kier alpha value is -2.15. The van der Waals surface area contributed by atoms with Crippen LogP contribution in [0, 0.1) is 0 Å². The second kappa shape index (κ2) is 4.79. The number of hydrogen-bond acceptors (Lipinski definition) is 6. The molecule has 0 aromatic carbocycles. The Balaban J connectivity index is 2.24. The second-order valence-electron chi connectivity index (χ2n) is 3.57. The van der Waals surface area contributed by atoms with Gasteiger partial charge < -0.3 is 10.7 Å². The number of hydrogen-bond donors (Lipinski definition) is 3. The number of nitrogens with one attached hydrogen (secondary N) is 2. The molecule has 0 radical (unpaired) electrons. The van der Waals surface area contributed by atoms with E-state index in [1.165, 1.54) is 6.33 Å². The normalized spacial score (nSPS) is 10.3. The van der Waals surface area contributed by atoms with Gasteiger partial charge in [0, 0.05) is 19.3 Å². The summed E-state index contributed by atoms with van der Waals surface area (Å²) in [5.74, 6) is 6.52. The molecule has 0 spiro atoms. The molecule has 0 fully saturated rings. The molecule has 0 unspecified atom stereocenters. The molecule has 17 heavy (non-hydrogen) atoms. The second-order valence-corrected chi connectivity index (χ2v) is 3.57. The van der Waals surface area contributed by atoms with Crippen LogP contribution >= 0.6 is 0 Å². The maximum Gasteiger partial charge on any atom is 0.145 e. The van der Waals surface area contributed by atoms with Gasteiger partial charge in [-0.3, -0.25) is 4.68 Å². The monoisotopic (exact) mass is 233 g/mol. The van der Waals surface area contributed by atoms with E-state index in [1.807, 2.05) is 13.2 Å². The zero-order valence-corrected chi connectivity index (χ0v) is 9.81. The lowest BCUT2D eigenvalue weighted by molar-refractivity contribution is 0.746. The van der Waals surface area contributed by atoms with E-state index in [-0.39, 0.29) is 0 Å². The Morgan fingerprint density at radius 1 is 1.35 bits per heavy atom. The average Bonchev–Trinajstić information content (AvgIpc) is 2.69. The fraction of sp³-hybridized carbons (Fsp3) is 0.300. The van der Waals surface area contributed by atoms with Crippen LogP contribution in [-0.4, -0.2) is 19.7 Å². The molecule has 0 amide bonds. The fourth-order valence-corrected chi connectivity index (χ4v) is 1.54. The molecule has 0 saturated heterocycles. The maximum atomic E-state index is 5.29. The zero-order valence-electron chi connectivity index (χ0n) is 9.81. The lowest BCUT2D eigenvalue weighted by Gasteiger charge is -2.05. The van der Waals surface area contributed by atoms with Crippen LogP contribution in [0.15, 0.2) is 18.6 Å². The summed E-state index contributed by atoms with van der Waals surface area (Å²) in [5, 5.41) is 7.53. The van der Waals surface area contributed by atoms with Crippen molar-refractivity contribution in [2.24, 2.45) is 12.9 Å². The van der Waals surface area contributed by atoms with E-state index in [0.717, 1.165) is 17.8 Å². The van der Waals surface area contributed by atoms with Gasteiger partial charge in [0.15, 0.2) is 0 Å². The average molecular weight is 233 g/mol. The van der Waals surface area contributed by atoms with Crippen LogP contribution in [0.3, 0.4) is 0 Å². The first kappa shape index (κ1) is 11.3.